The predicted octanol–water partition coefficient (Wildman–Crippen LogP) is 4.29. The highest BCUT2D eigenvalue weighted by Crippen LogP contribution is 2.28. The van der Waals surface area contributed by atoms with Gasteiger partial charge < -0.3 is 4.90 Å². The SMILES string of the molecule is Cc1cccn2ncc(C(=O)N(Cc3ccsc3)C3CCCC3)c12. The van der Waals surface area contributed by atoms with Gasteiger partial charge in [0.2, 0.25) is 0 Å². The van der Waals surface area contributed by atoms with Crippen molar-refractivity contribution in [3.8, 4) is 0 Å². The standard InChI is InChI=1S/C19H21N3OS/c1-14-5-4-9-22-18(14)17(11-20-22)19(23)21(16-6-2-3-7-16)12-15-8-10-24-13-15/h4-5,8-11,13,16H,2-3,6-7,12H2,1H3. The van der Waals surface area contributed by atoms with Crippen LogP contribution in [0.1, 0.15) is 47.2 Å². The number of carbonyl (C=O) groups is 1. The molecule has 0 atom stereocenters. The lowest BCUT2D eigenvalue weighted by Gasteiger charge is -2.28. The van der Waals surface area contributed by atoms with E-state index in [1.165, 1.54) is 18.4 Å². The Kier molecular flexibility index (Phi) is 4.10. The van der Waals surface area contributed by atoms with Gasteiger partial charge in [0, 0.05) is 18.8 Å². The molecule has 1 fully saturated rings. The van der Waals surface area contributed by atoms with Crippen LogP contribution in [0.15, 0.2) is 41.4 Å². The third-order valence-electron chi connectivity index (χ3n) is 4.93. The molecule has 1 saturated carbocycles. The number of nitrogens with zero attached hydrogens (tertiary/aromatic N) is 3. The van der Waals surface area contributed by atoms with Crippen LogP contribution in [-0.4, -0.2) is 26.5 Å². The Bertz CT molecular complexity index is 847. The van der Waals surface area contributed by atoms with Gasteiger partial charge in [-0.2, -0.15) is 16.4 Å². The van der Waals surface area contributed by atoms with Crippen molar-refractivity contribution in [1.29, 1.82) is 0 Å². The number of hydrogen-bond acceptors (Lipinski definition) is 3. The number of hydrogen-bond donors (Lipinski definition) is 0. The molecule has 0 bridgehead atoms. The van der Waals surface area contributed by atoms with Gasteiger partial charge in [-0.05, 0) is 53.8 Å². The quantitative estimate of drug-likeness (QED) is 0.711. The lowest BCUT2D eigenvalue weighted by molar-refractivity contribution is 0.0666. The van der Waals surface area contributed by atoms with E-state index in [0.717, 1.165) is 29.5 Å². The predicted molar refractivity (Wildman–Crippen MR) is 96.4 cm³/mol. The van der Waals surface area contributed by atoms with E-state index in [0.29, 0.717) is 12.6 Å². The zero-order valence-corrected chi connectivity index (χ0v) is 14.6. The zero-order chi connectivity index (χ0) is 16.5. The van der Waals surface area contributed by atoms with E-state index >= 15 is 0 Å². The fourth-order valence-corrected chi connectivity index (χ4v) is 4.35. The maximum absolute atomic E-state index is 13.4. The van der Waals surface area contributed by atoms with E-state index < -0.39 is 0 Å². The van der Waals surface area contributed by atoms with E-state index in [9.17, 15) is 4.79 Å². The van der Waals surface area contributed by atoms with Gasteiger partial charge in [0.25, 0.3) is 5.91 Å². The normalized spacial score (nSPS) is 15.2. The van der Waals surface area contributed by atoms with Gasteiger partial charge in [-0.25, -0.2) is 4.52 Å². The van der Waals surface area contributed by atoms with Crippen LogP contribution in [0.5, 0.6) is 0 Å². The Morgan fingerprint density at radius 3 is 2.96 bits per heavy atom. The molecule has 1 aliphatic carbocycles. The van der Waals surface area contributed by atoms with Crippen molar-refractivity contribution in [1.82, 2.24) is 14.5 Å². The number of fused-ring (bicyclic) bond motifs is 1. The molecule has 3 heterocycles. The first-order valence-electron chi connectivity index (χ1n) is 8.49. The maximum Gasteiger partial charge on any atom is 0.258 e. The molecule has 0 spiro atoms. The van der Waals surface area contributed by atoms with Crippen LogP contribution in [0.3, 0.4) is 0 Å². The summed E-state index contributed by atoms with van der Waals surface area (Å²) in [6.45, 7) is 2.72. The number of aryl methyl sites for hydroxylation is 1. The van der Waals surface area contributed by atoms with E-state index in [-0.39, 0.29) is 5.91 Å². The van der Waals surface area contributed by atoms with E-state index in [4.69, 9.17) is 0 Å². The van der Waals surface area contributed by atoms with E-state index in [1.807, 2.05) is 25.3 Å². The van der Waals surface area contributed by atoms with Crippen LogP contribution in [0.25, 0.3) is 5.52 Å². The molecule has 0 unspecified atom stereocenters. The lowest BCUT2D eigenvalue weighted by atomic mass is 10.1. The molecule has 0 N–H and O–H groups in total. The summed E-state index contributed by atoms with van der Waals surface area (Å²) in [4.78, 5) is 15.4. The Balaban J connectivity index is 1.72. The van der Waals surface area contributed by atoms with Crippen molar-refractivity contribution >= 4 is 22.8 Å². The Hall–Kier alpha value is -2.14. The summed E-state index contributed by atoms with van der Waals surface area (Å²) in [5.41, 5.74) is 3.94. The summed E-state index contributed by atoms with van der Waals surface area (Å²) in [6.07, 6.45) is 8.26. The number of thiophene rings is 1. The molecule has 0 aromatic carbocycles. The minimum atomic E-state index is 0.109. The van der Waals surface area contributed by atoms with Crippen molar-refractivity contribution in [3.05, 3.63) is 58.0 Å². The first-order valence-corrected chi connectivity index (χ1v) is 9.43. The summed E-state index contributed by atoms with van der Waals surface area (Å²) in [5.74, 6) is 0.109. The van der Waals surface area contributed by atoms with Crippen LogP contribution in [0, 0.1) is 6.92 Å². The van der Waals surface area contributed by atoms with E-state index in [1.54, 1.807) is 22.0 Å². The van der Waals surface area contributed by atoms with Gasteiger partial charge in [-0.1, -0.05) is 18.9 Å². The molecular formula is C19H21N3OS. The number of amides is 1. The van der Waals surface area contributed by atoms with Gasteiger partial charge in [0.15, 0.2) is 0 Å². The minimum Gasteiger partial charge on any atom is -0.331 e. The number of carbonyl (C=O) groups excluding carboxylic acids is 1. The highest BCUT2D eigenvalue weighted by molar-refractivity contribution is 7.07. The van der Waals surface area contributed by atoms with Crippen molar-refractivity contribution < 1.29 is 4.79 Å². The Labute approximate surface area is 145 Å². The monoisotopic (exact) mass is 339 g/mol. The van der Waals surface area contributed by atoms with E-state index in [2.05, 4.69) is 26.8 Å². The second kappa shape index (κ2) is 6.40. The largest absolute Gasteiger partial charge is 0.331 e. The van der Waals surface area contributed by atoms with Crippen molar-refractivity contribution in [2.75, 3.05) is 0 Å². The average Bonchev–Trinajstić information content (AvgIpc) is 3.32. The van der Waals surface area contributed by atoms with Crippen molar-refractivity contribution in [3.63, 3.8) is 0 Å². The molecule has 5 heteroatoms. The fraction of sp³-hybridized carbons (Fsp3) is 0.368. The van der Waals surface area contributed by atoms with Gasteiger partial charge in [0.05, 0.1) is 17.3 Å². The highest BCUT2D eigenvalue weighted by atomic mass is 32.1. The van der Waals surface area contributed by atoms with Gasteiger partial charge in [0.1, 0.15) is 0 Å². The average molecular weight is 339 g/mol. The number of rotatable bonds is 4. The zero-order valence-electron chi connectivity index (χ0n) is 13.8. The Morgan fingerprint density at radius 2 is 2.21 bits per heavy atom. The lowest BCUT2D eigenvalue weighted by Crippen LogP contribution is -2.38. The smallest absolute Gasteiger partial charge is 0.258 e. The molecule has 1 aliphatic rings. The second-order valence-electron chi connectivity index (χ2n) is 6.55. The summed E-state index contributed by atoms with van der Waals surface area (Å²) in [7, 11) is 0. The van der Waals surface area contributed by atoms with Crippen LogP contribution in [0.4, 0.5) is 0 Å². The topological polar surface area (TPSA) is 37.6 Å². The minimum absolute atomic E-state index is 0.109. The summed E-state index contributed by atoms with van der Waals surface area (Å²) in [5, 5.41) is 8.59. The molecule has 4 nitrogen and oxygen atoms in total. The molecule has 0 radical (unpaired) electrons. The van der Waals surface area contributed by atoms with Crippen LogP contribution >= 0.6 is 11.3 Å². The molecule has 24 heavy (non-hydrogen) atoms. The van der Waals surface area contributed by atoms with Gasteiger partial charge >= 0.3 is 0 Å². The molecule has 0 saturated heterocycles. The molecule has 3 aromatic rings. The van der Waals surface area contributed by atoms with Crippen molar-refractivity contribution in [2.24, 2.45) is 0 Å². The molecule has 4 rings (SSSR count). The number of pyridine rings is 1. The van der Waals surface area contributed by atoms with Gasteiger partial charge in [-0.15, -0.1) is 0 Å². The summed E-state index contributed by atoms with van der Waals surface area (Å²) >= 11 is 1.68. The van der Waals surface area contributed by atoms with Crippen molar-refractivity contribution in [2.45, 2.75) is 45.2 Å². The first-order chi connectivity index (χ1) is 11.7. The fourth-order valence-electron chi connectivity index (χ4n) is 3.69. The molecule has 0 aliphatic heterocycles. The highest BCUT2D eigenvalue weighted by Gasteiger charge is 2.29. The first kappa shape index (κ1) is 15.4. The third-order valence-corrected chi connectivity index (χ3v) is 5.66. The van der Waals surface area contributed by atoms with Crippen LogP contribution < -0.4 is 0 Å². The third kappa shape index (κ3) is 2.73. The summed E-state index contributed by atoms with van der Waals surface area (Å²) < 4.78 is 1.81. The second-order valence-corrected chi connectivity index (χ2v) is 7.33. The molecule has 124 valence electrons. The maximum atomic E-state index is 13.4. The molecule has 1 amide bonds. The molecule has 3 aromatic heterocycles. The molecular weight excluding hydrogens is 318 g/mol. The van der Waals surface area contributed by atoms with Crippen LogP contribution in [-0.2, 0) is 6.54 Å². The van der Waals surface area contributed by atoms with Crippen LogP contribution in [0.2, 0.25) is 0 Å². The number of aromatic nitrogens is 2. The Morgan fingerprint density at radius 1 is 1.38 bits per heavy atom. The summed E-state index contributed by atoms with van der Waals surface area (Å²) in [6, 6.07) is 6.45. The van der Waals surface area contributed by atoms with Gasteiger partial charge in [-0.3, -0.25) is 4.79 Å².